The van der Waals surface area contributed by atoms with E-state index in [4.69, 9.17) is 5.73 Å². The van der Waals surface area contributed by atoms with E-state index in [1.807, 2.05) is 6.07 Å². The summed E-state index contributed by atoms with van der Waals surface area (Å²) in [5.41, 5.74) is 7.08. The molecule has 1 saturated carbocycles. The van der Waals surface area contributed by atoms with Crippen LogP contribution in [0.1, 0.15) is 32.1 Å². The smallest absolute Gasteiger partial charge is 0.0487 e. The van der Waals surface area contributed by atoms with Crippen molar-refractivity contribution in [2.45, 2.75) is 38.1 Å². The summed E-state index contributed by atoms with van der Waals surface area (Å²) in [7, 11) is 0. The standard InChI is InChI=1S/C14H21BrN2/c15-12-8-4-5-9-13(12)17-14(10-16)11-6-2-1-3-7-11/h4-5,8-9,11,14,17H,1-3,6-7,10,16H2. The molecule has 0 aliphatic heterocycles. The molecule has 1 fully saturated rings. The molecule has 1 aliphatic carbocycles. The minimum Gasteiger partial charge on any atom is -0.380 e. The molecule has 2 nitrogen and oxygen atoms in total. The number of benzene rings is 1. The predicted molar refractivity (Wildman–Crippen MR) is 77.2 cm³/mol. The van der Waals surface area contributed by atoms with Gasteiger partial charge in [0.15, 0.2) is 0 Å². The minimum absolute atomic E-state index is 0.411. The summed E-state index contributed by atoms with van der Waals surface area (Å²) >= 11 is 3.57. The van der Waals surface area contributed by atoms with E-state index in [-0.39, 0.29) is 0 Å². The summed E-state index contributed by atoms with van der Waals surface area (Å²) in [4.78, 5) is 0. The molecule has 1 atom stereocenters. The molecule has 1 aromatic rings. The van der Waals surface area contributed by atoms with Crippen LogP contribution in [0.25, 0.3) is 0 Å². The van der Waals surface area contributed by atoms with Gasteiger partial charge in [-0.05, 0) is 46.8 Å². The van der Waals surface area contributed by atoms with Crippen molar-refractivity contribution in [2.24, 2.45) is 11.7 Å². The summed E-state index contributed by atoms with van der Waals surface area (Å²) in [6, 6.07) is 8.68. The molecule has 1 aromatic carbocycles. The van der Waals surface area contributed by atoms with Crippen molar-refractivity contribution >= 4 is 21.6 Å². The van der Waals surface area contributed by atoms with Crippen molar-refractivity contribution in [1.82, 2.24) is 0 Å². The number of rotatable bonds is 4. The zero-order valence-electron chi connectivity index (χ0n) is 10.2. The first-order chi connectivity index (χ1) is 8.31. The first-order valence-corrected chi connectivity index (χ1v) is 7.31. The SMILES string of the molecule is NCC(Nc1ccccc1Br)C1CCCCC1. The summed E-state index contributed by atoms with van der Waals surface area (Å²) in [6.45, 7) is 0.714. The zero-order valence-corrected chi connectivity index (χ0v) is 11.7. The van der Waals surface area contributed by atoms with E-state index in [0.717, 1.165) is 16.1 Å². The van der Waals surface area contributed by atoms with Crippen molar-refractivity contribution in [1.29, 1.82) is 0 Å². The Labute approximate surface area is 112 Å². The van der Waals surface area contributed by atoms with E-state index < -0.39 is 0 Å². The van der Waals surface area contributed by atoms with Crippen molar-refractivity contribution in [2.75, 3.05) is 11.9 Å². The fourth-order valence-corrected chi connectivity index (χ4v) is 3.08. The largest absolute Gasteiger partial charge is 0.380 e. The maximum absolute atomic E-state index is 5.92. The van der Waals surface area contributed by atoms with Gasteiger partial charge in [0.1, 0.15) is 0 Å². The Balaban J connectivity index is 2.01. The van der Waals surface area contributed by atoms with Gasteiger partial charge in [-0.25, -0.2) is 0 Å². The summed E-state index contributed by atoms with van der Waals surface area (Å²) in [5.74, 6) is 0.737. The van der Waals surface area contributed by atoms with Gasteiger partial charge >= 0.3 is 0 Å². The molecule has 1 aliphatic rings. The zero-order chi connectivity index (χ0) is 12.1. The lowest BCUT2D eigenvalue weighted by Gasteiger charge is -2.31. The quantitative estimate of drug-likeness (QED) is 0.888. The first kappa shape index (κ1) is 12.9. The Hall–Kier alpha value is -0.540. The van der Waals surface area contributed by atoms with E-state index in [1.54, 1.807) is 0 Å². The van der Waals surface area contributed by atoms with Gasteiger partial charge in [-0.1, -0.05) is 31.4 Å². The molecule has 0 spiro atoms. The van der Waals surface area contributed by atoms with Crippen LogP contribution >= 0.6 is 15.9 Å². The van der Waals surface area contributed by atoms with Crippen molar-refractivity contribution in [3.63, 3.8) is 0 Å². The summed E-state index contributed by atoms with van der Waals surface area (Å²) in [5, 5.41) is 3.59. The van der Waals surface area contributed by atoms with Gasteiger partial charge in [0.25, 0.3) is 0 Å². The third-order valence-corrected chi connectivity index (χ3v) is 4.38. The molecule has 0 heterocycles. The fraction of sp³-hybridized carbons (Fsp3) is 0.571. The molecule has 1 unspecified atom stereocenters. The van der Waals surface area contributed by atoms with E-state index in [1.165, 1.54) is 32.1 Å². The Kier molecular flexibility index (Phi) is 4.86. The highest BCUT2D eigenvalue weighted by Gasteiger charge is 2.22. The molecule has 3 heteroatoms. The molecule has 2 rings (SSSR count). The lowest BCUT2D eigenvalue weighted by Crippen LogP contribution is -2.37. The predicted octanol–water partition coefficient (Wildman–Crippen LogP) is 3.77. The highest BCUT2D eigenvalue weighted by Crippen LogP contribution is 2.29. The highest BCUT2D eigenvalue weighted by molar-refractivity contribution is 9.10. The van der Waals surface area contributed by atoms with Crippen LogP contribution in [0.5, 0.6) is 0 Å². The van der Waals surface area contributed by atoms with Gasteiger partial charge in [-0.3, -0.25) is 0 Å². The lowest BCUT2D eigenvalue weighted by atomic mass is 9.84. The number of halogens is 1. The number of anilines is 1. The van der Waals surface area contributed by atoms with E-state index in [0.29, 0.717) is 12.6 Å². The highest BCUT2D eigenvalue weighted by atomic mass is 79.9. The second-order valence-corrected chi connectivity index (χ2v) is 5.72. The number of nitrogens with two attached hydrogens (primary N) is 1. The average Bonchev–Trinajstić information content (AvgIpc) is 2.39. The molecular weight excluding hydrogens is 276 g/mol. The molecule has 0 aromatic heterocycles. The molecule has 0 amide bonds. The Morgan fingerprint density at radius 1 is 1.24 bits per heavy atom. The minimum atomic E-state index is 0.411. The third kappa shape index (κ3) is 3.46. The van der Waals surface area contributed by atoms with E-state index >= 15 is 0 Å². The summed E-state index contributed by atoms with van der Waals surface area (Å²) < 4.78 is 1.12. The van der Waals surface area contributed by atoms with Crippen LogP contribution in [0.4, 0.5) is 5.69 Å². The number of hydrogen-bond donors (Lipinski definition) is 2. The van der Waals surface area contributed by atoms with Crippen LogP contribution < -0.4 is 11.1 Å². The Morgan fingerprint density at radius 2 is 1.94 bits per heavy atom. The second kappa shape index (κ2) is 6.41. The van der Waals surface area contributed by atoms with Gasteiger partial charge in [0, 0.05) is 22.7 Å². The topological polar surface area (TPSA) is 38.0 Å². The van der Waals surface area contributed by atoms with Crippen LogP contribution in [0.3, 0.4) is 0 Å². The van der Waals surface area contributed by atoms with Gasteiger partial charge < -0.3 is 11.1 Å². The normalized spacial score (nSPS) is 18.9. The van der Waals surface area contributed by atoms with Gasteiger partial charge in [0.2, 0.25) is 0 Å². The Morgan fingerprint density at radius 3 is 2.59 bits per heavy atom. The van der Waals surface area contributed by atoms with Crippen LogP contribution in [-0.2, 0) is 0 Å². The van der Waals surface area contributed by atoms with Crippen LogP contribution in [0.2, 0.25) is 0 Å². The summed E-state index contributed by atoms with van der Waals surface area (Å²) in [6.07, 6.45) is 6.75. The third-order valence-electron chi connectivity index (χ3n) is 3.69. The monoisotopic (exact) mass is 296 g/mol. The molecule has 0 bridgehead atoms. The van der Waals surface area contributed by atoms with E-state index in [2.05, 4.69) is 39.4 Å². The average molecular weight is 297 g/mol. The number of nitrogens with one attached hydrogen (secondary N) is 1. The molecule has 94 valence electrons. The van der Waals surface area contributed by atoms with Crippen LogP contribution in [0.15, 0.2) is 28.7 Å². The van der Waals surface area contributed by atoms with Gasteiger partial charge in [-0.2, -0.15) is 0 Å². The fourth-order valence-electron chi connectivity index (χ4n) is 2.68. The number of para-hydroxylation sites is 1. The maximum Gasteiger partial charge on any atom is 0.0487 e. The maximum atomic E-state index is 5.92. The number of hydrogen-bond acceptors (Lipinski definition) is 2. The van der Waals surface area contributed by atoms with Crippen LogP contribution in [0, 0.1) is 5.92 Å². The second-order valence-electron chi connectivity index (χ2n) is 4.86. The van der Waals surface area contributed by atoms with Gasteiger partial charge in [0.05, 0.1) is 0 Å². The van der Waals surface area contributed by atoms with E-state index in [9.17, 15) is 0 Å². The molecule has 17 heavy (non-hydrogen) atoms. The van der Waals surface area contributed by atoms with Crippen LogP contribution in [-0.4, -0.2) is 12.6 Å². The van der Waals surface area contributed by atoms with Crippen molar-refractivity contribution in [3.8, 4) is 0 Å². The molecular formula is C14H21BrN2. The Bertz CT molecular complexity index is 348. The molecule has 0 radical (unpaired) electrons. The van der Waals surface area contributed by atoms with Crippen molar-refractivity contribution < 1.29 is 0 Å². The first-order valence-electron chi connectivity index (χ1n) is 6.52. The van der Waals surface area contributed by atoms with Crippen molar-refractivity contribution in [3.05, 3.63) is 28.7 Å². The molecule has 3 N–H and O–H groups in total. The van der Waals surface area contributed by atoms with Gasteiger partial charge in [-0.15, -0.1) is 0 Å². The molecule has 0 saturated heterocycles. The lowest BCUT2D eigenvalue weighted by molar-refractivity contribution is 0.320.